The van der Waals surface area contributed by atoms with Crippen LogP contribution in [0.2, 0.25) is 0 Å². The molecule has 2 aliphatic carbocycles. The van der Waals surface area contributed by atoms with Crippen LogP contribution < -0.4 is 27.0 Å². The van der Waals surface area contributed by atoms with Gasteiger partial charge in [-0.1, -0.05) is 68.2 Å². The van der Waals surface area contributed by atoms with Crippen molar-refractivity contribution in [2.45, 2.75) is 119 Å². The second-order valence-electron chi connectivity index (χ2n) is 15.7. The predicted octanol–water partition coefficient (Wildman–Crippen LogP) is 1.46. The topological polar surface area (TPSA) is 180 Å². The van der Waals surface area contributed by atoms with E-state index in [4.69, 9.17) is 5.73 Å². The van der Waals surface area contributed by atoms with Gasteiger partial charge in [-0.05, 0) is 54.3 Å². The highest BCUT2D eigenvalue weighted by Gasteiger charge is 2.70. The first-order valence-electron chi connectivity index (χ1n) is 15.4. The van der Waals surface area contributed by atoms with E-state index in [0.29, 0.717) is 13.0 Å². The average molecular weight is 605 g/mol. The van der Waals surface area contributed by atoms with Crippen molar-refractivity contribution >= 4 is 35.4 Å². The highest BCUT2D eigenvalue weighted by atomic mass is 16.2. The third kappa shape index (κ3) is 7.86. The van der Waals surface area contributed by atoms with Crippen molar-refractivity contribution in [2.24, 2.45) is 39.7 Å². The molecule has 0 aromatic rings. The summed E-state index contributed by atoms with van der Waals surface area (Å²) in [5.41, 5.74) is 3.73. The third-order valence-electron chi connectivity index (χ3n) is 9.12. The Morgan fingerprint density at radius 2 is 1.40 bits per heavy atom. The maximum atomic E-state index is 14.2. The van der Waals surface area contributed by atoms with Crippen LogP contribution in [0, 0.1) is 34.0 Å². The molecule has 0 radical (unpaired) electrons. The van der Waals surface area contributed by atoms with Crippen LogP contribution >= 0.6 is 0 Å². The number of primary amides is 1. The molecule has 3 aliphatic rings. The first kappa shape index (κ1) is 34.3. The molecule has 6 N–H and O–H groups in total. The molecule has 1 aliphatic heterocycles. The molecule has 3 fully saturated rings. The van der Waals surface area contributed by atoms with E-state index in [1.807, 2.05) is 69.2 Å². The van der Waals surface area contributed by atoms with Gasteiger partial charge in [-0.25, -0.2) is 4.79 Å². The summed E-state index contributed by atoms with van der Waals surface area (Å²) < 4.78 is 0. The predicted molar refractivity (Wildman–Crippen MR) is 161 cm³/mol. The molecule has 242 valence electrons. The molecular formula is C31H52N6O6. The molecule has 6 atom stereocenters. The maximum absolute atomic E-state index is 14.2. The summed E-state index contributed by atoms with van der Waals surface area (Å²) in [7, 11) is 0. The highest BCUT2D eigenvalue weighted by molar-refractivity contribution is 6.37. The van der Waals surface area contributed by atoms with Crippen molar-refractivity contribution in [2.75, 3.05) is 6.54 Å². The summed E-state index contributed by atoms with van der Waals surface area (Å²) in [5.74, 6) is -3.03. The summed E-state index contributed by atoms with van der Waals surface area (Å²) in [6, 6.07) is -4.59. The average Bonchev–Trinajstić information content (AvgIpc) is 3.70. The van der Waals surface area contributed by atoms with Crippen LogP contribution in [0.3, 0.4) is 0 Å². The number of likely N-dealkylation sites (tertiary alicyclic amines) is 1. The number of carbonyl (C=O) groups excluding carboxylic acids is 6. The zero-order valence-electron chi connectivity index (χ0n) is 27.4. The minimum atomic E-state index is -1.10. The van der Waals surface area contributed by atoms with Gasteiger partial charge < -0.3 is 31.9 Å². The van der Waals surface area contributed by atoms with Gasteiger partial charge in [0.15, 0.2) is 0 Å². The molecule has 12 nitrogen and oxygen atoms in total. The van der Waals surface area contributed by atoms with Gasteiger partial charge in [0.2, 0.25) is 23.5 Å². The largest absolute Gasteiger partial charge is 0.363 e. The third-order valence-corrected chi connectivity index (χ3v) is 9.12. The Morgan fingerprint density at radius 1 is 0.860 bits per heavy atom. The van der Waals surface area contributed by atoms with Crippen molar-refractivity contribution in [1.29, 1.82) is 0 Å². The Bertz CT molecular complexity index is 1150. The number of amides is 6. The minimum Gasteiger partial charge on any atom is -0.363 e. The number of rotatable bonds is 11. The van der Waals surface area contributed by atoms with Crippen LogP contribution in [0.4, 0.5) is 4.79 Å². The lowest BCUT2D eigenvalue weighted by Crippen LogP contribution is -2.63. The fourth-order valence-corrected chi connectivity index (χ4v) is 6.32. The molecule has 3 rings (SSSR count). The van der Waals surface area contributed by atoms with Crippen LogP contribution in [0.15, 0.2) is 0 Å². The first-order chi connectivity index (χ1) is 19.6. The van der Waals surface area contributed by atoms with Gasteiger partial charge in [0, 0.05) is 12.6 Å². The molecule has 0 spiro atoms. The molecule has 0 aromatic carbocycles. The molecule has 43 heavy (non-hydrogen) atoms. The van der Waals surface area contributed by atoms with Crippen LogP contribution in [0.1, 0.15) is 88.5 Å². The van der Waals surface area contributed by atoms with E-state index < -0.39 is 64.5 Å². The fraction of sp³-hybridized carbons (Fsp3) is 0.806. The summed E-state index contributed by atoms with van der Waals surface area (Å²) in [6.45, 7) is 19.0. The maximum Gasteiger partial charge on any atom is 0.316 e. The van der Waals surface area contributed by atoms with Crippen molar-refractivity contribution in [1.82, 2.24) is 26.2 Å². The molecule has 6 amide bonds. The van der Waals surface area contributed by atoms with Gasteiger partial charge in [0.25, 0.3) is 5.91 Å². The monoisotopic (exact) mass is 604 g/mol. The Balaban J connectivity index is 1.83. The van der Waals surface area contributed by atoms with Crippen LogP contribution in [0.25, 0.3) is 0 Å². The smallest absolute Gasteiger partial charge is 0.316 e. The highest BCUT2D eigenvalue weighted by Crippen LogP contribution is 2.65. The molecule has 1 saturated heterocycles. The fourth-order valence-electron chi connectivity index (χ4n) is 6.32. The van der Waals surface area contributed by atoms with Gasteiger partial charge in [-0.15, -0.1) is 0 Å². The number of nitrogens with zero attached hydrogens (tertiary/aromatic N) is 1. The normalized spacial score (nSPS) is 24.7. The van der Waals surface area contributed by atoms with Crippen LogP contribution in [-0.4, -0.2) is 77.1 Å². The zero-order valence-corrected chi connectivity index (χ0v) is 27.4. The number of Topliss-reactive ketones (excluding diaryl/α,β-unsaturated/α-hetero) is 1. The second-order valence-corrected chi connectivity index (χ2v) is 15.7. The zero-order chi connectivity index (χ0) is 32.8. The lowest BCUT2D eigenvalue weighted by molar-refractivity contribution is -0.145. The Kier molecular flexibility index (Phi) is 9.63. The van der Waals surface area contributed by atoms with E-state index >= 15 is 0 Å². The van der Waals surface area contributed by atoms with Gasteiger partial charge in [0.1, 0.15) is 18.1 Å². The van der Waals surface area contributed by atoms with Gasteiger partial charge in [-0.2, -0.15) is 0 Å². The second kappa shape index (κ2) is 12.1. The summed E-state index contributed by atoms with van der Waals surface area (Å²) in [6.07, 6.45) is 2.16. The van der Waals surface area contributed by atoms with Gasteiger partial charge >= 0.3 is 6.03 Å². The van der Waals surface area contributed by atoms with Gasteiger partial charge in [-0.3, -0.25) is 24.0 Å². The van der Waals surface area contributed by atoms with Crippen LogP contribution in [0.5, 0.6) is 0 Å². The number of fused-ring (bicyclic) bond motifs is 1. The quantitative estimate of drug-likeness (QED) is 0.223. The number of carbonyl (C=O) groups is 6. The first-order valence-corrected chi connectivity index (χ1v) is 15.4. The Labute approximate surface area is 255 Å². The molecular weight excluding hydrogens is 552 g/mol. The molecule has 1 unspecified atom stereocenters. The standard InChI is InChI=1S/C31H52N6O6/c1-15(2)33-26(41)22(29(3,4)5)35-28(43)36-23(30(6,7)8)27(42)37-14-17-19(31(17,9)10)20(37)25(40)34-18(13-16-11-12-16)21(38)24(32)39/h15-20,22-23H,11-14H2,1-10H3,(H2,32,39)(H,33,41)(H,34,40)(H2,35,36,43)/t17-,18?,19-,20-,22+,23+/m0/s1. The Hall–Kier alpha value is -3.18. The van der Waals surface area contributed by atoms with Crippen molar-refractivity contribution in [3.8, 4) is 0 Å². The van der Waals surface area contributed by atoms with E-state index in [9.17, 15) is 28.8 Å². The number of urea groups is 1. The number of hydrogen-bond acceptors (Lipinski definition) is 6. The van der Waals surface area contributed by atoms with Crippen molar-refractivity contribution in [3.05, 3.63) is 0 Å². The van der Waals surface area contributed by atoms with E-state index in [2.05, 4.69) is 21.3 Å². The molecule has 0 aromatic heterocycles. The number of piperidine rings is 1. The lowest BCUT2D eigenvalue weighted by atomic mass is 9.84. The summed E-state index contributed by atoms with van der Waals surface area (Å²) in [5, 5.41) is 11.1. The van der Waals surface area contributed by atoms with E-state index in [1.165, 1.54) is 4.90 Å². The van der Waals surface area contributed by atoms with E-state index in [-0.39, 0.29) is 35.1 Å². The summed E-state index contributed by atoms with van der Waals surface area (Å²) >= 11 is 0. The number of hydrogen-bond donors (Lipinski definition) is 5. The lowest BCUT2D eigenvalue weighted by Gasteiger charge is -2.38. The summed E-state index contributed by atoms with van der Waals surface area (Å²) in [4.78, 5) is 80.0. The van der Waals surface area contributed by atoms with Crippen molar-refractivity contribution in [3.63, 3.8) is 0 Å². The number of nitrogens with two attached hydrogens (primary N) is 1. The molecule has 1 heterocycles. The molecule has 12 heteroatoms. The minimum absolute atomic E-state index is 0.0698. The van der Waals surface area contributed by atoms with Crippen molar-refractivity contribution < 1.29 is 28.8 Å². The van der Waals surface area contributed by atoms with Crippen LogP contribution in [-0.2, 0) is 24.0 Å². The van der Waals surface area contributed by atoms with E-state index in [0.717, 1.165) is 12.8 Å². The Morgan fingerprint density at radius 3 is 1.86 bits per heavy atom. The SMILES string of the molecule is CC(C)NC(=O)[C@@H](NC(=O)N[C@H](C(=O)N1C[C@H]2[C@@H]([C@H]1C(=O)NC(CC1CC1)C(=O)C(N)=O)C2(C)C)C(C)(C)C)C(C)(C)C. The van der Waals surface area contributed by atoms with E-state index in [1.54, 1.807) is 0 Å². The molecule has 2 saturated carbocycles. The van der Waals surface area contributed by atoms with Gasteiger partial charge in [0.05, 0.1) is 6.04 Å². The number of ketones is 1. The molecule has 0 bridgehead atoms. The number of nitrogens with one attached hydrogen (secondary N) is 4.